The Kier molecular flexibility index (Phi) is 7.08. The average Bonchev–Trinajstić information content (AvgIpc) is 2.29. The molecule has 102 valence electrons. The van der Waals surface area contributed by atoms with E-state index < -0.39 is 24.4 Å². The zero-order valence-corrected chi connectivity index (χ0v) is 10.5. The predicted molar refractivity (Wildman–Crippen MR) is 64.9 cm³/mol. The molecule has 0 aliphatic heterocycles. The molecule has 0 fully saturated rings. The smallest absolute Gasteiger partial charge is 0.370 e. The Morgan fingerprint density at radius 1 is 1.28 bits per heavy atom. The third-order valence-corrected chi connectivity index (χ3v) is 2.32. The van der Waals surface area contributed by atoms with Gasteiger partial charge in [0.15, 0.2) is 0 Å². The molecule has 2 N–H and O–H groups in total. The molecule has 2 nitrogen and oxygen atoms in total. The number of nitrogens with two attached hydrogens (primary N) is 1. The Balaban J connectivity index is 0.000000327. The average molecular weight is 261 g/mol. The van der Waals surface area contributed by atoms with Crippen LogP contribution in [0.4, 0.5) is 13.2 Å². The van der Waals surface area contributed by atoms with Gasteiger partial charge in [-0.2, -0.15) is 13.2 Å². The van der Waals surface area contributed by atoms with Crippen molar-refractivity contribution in [2.24, 2.45) is 11.7 Å². The van der Waals surface area contributed by atoms with Crippen LogP contribution in [0.1, 0.15) is 25.8 Å². The van der Waals surface area contributed by atoms with Gasteiger partial charge >= 0.3 is 6.18 Å². The summed E-state index contributed by atoms with van der Waals surface area (Å²) in [5.74, 6) is -2.56. The zero-order valence-electron chi connectivity index (χ0n) is 10.5. The third kappa shape index (κ3) is 7.70. The first-order valence-corrected chi connectivity index (χ1v) is 5.66. The van der Waals surface area contributed by atoms with Gasteiger partial charge in [-0.1, -0.05) is 44.2 Å². The Morgan fingerprint density at radius 3 is 2.00 bits per heavy atom. The molecule has 0 saturated heterocycles. The summed E-state index contributed by atoms with van der Waals surface area (Å²) < 4.78 is 34.8. The first-order chi connectivity index (χ1) is 8.27. The standard InChI is InChI=1S/C8H10.C5H8F3NO/c1-2-8-6-4-3-5-7-8;1-3(2-4(9)10)5(6,7)8/h3-7H,2H2,1H3;3H,2H2,1H3,(H2,9,10). The van der Waals surface area contributed by atoms with E-state index in [0.29, 0.717) is 0 Å². The molecule has 0 heterocycles. The van der Waals surface area contributed by atoms with Crippen LogP contribution in [-0.4, -0.2) is 12.1 Å². The van der Waals surface area contributed by atoms with Crippen molar-refractivity contribution in [2.75, 3.05) is 0 Å². The summed E-state index contributed by atoms with van der Waals surface area (Å²) in [6.07, 6.45) is -3.81. The van der Waals surface area contributed by atoms with Crippen molar-refractivity contribution in [1.82, 2.24) is 0 Å². The molecule has 0 spiro atoms. The van der Waals surface area contributed by atoms with Crippen LogP contribution in [0.2, 0.25) is 0 Å². The number of amides is 1. The van der Waals surface area contributed by atoms with Crippen molar-refractivity contribution in [3.8, 4) is 0 Å². The minimum Gasteiger partial charge on any atom is -0.370 e. The number of rotatable bonds is 3. The SMILES string of the molecule is CC(CC(N)=O)C(F)(F)F.CCc1ccccc1. The van der Waals surface area contributed by atoms with Crippen molar-refractivity contribution in [2.45, 2.75) is 32.9 Å². The van der Waals surface area contributed by atoms with Crippen LogP contribution in [0.5, 0.6) is 0 Å². The molecule has 0 aliphatic carbocycles. The number of aryl methyl sites for hydroxylation is 1. The zero-order chi connectivity index (χ0) is 14.2. The highest BCUT2D eigenvalue weighted by Crippen LogP contribution is 2.27. The van der Waals surface area contributed by atoms with E-state index in [1.807, 2.05) is 6.07 Å². The van der Waals surface area contributed by atoms with E-state index in [1.165, 1.54) is 5.56 Å². The number of hydrogen-bond donors (Lipinski definition) is 1. The van der Waals surface area contributed by atoms with E-state index in [9.17, 15) is 18.0 Å². The van der Waals surface area contributed by atoms with Crippen LogP contribution < -0.4 is 5.73 Å². The molecule has 1 atom stereocenters. The van der Waals surface area contributed by atoms with Crippen molar-refractivity contribution in [1.29, 1.82) is 0 Å². The minimum absolute atomic E-state index is 0.635. The molecular formula is C13H18F3NO. The largest absolute Gasteiger partial charge is 0.392 e. The summed E-state index contributed by atoms with van der Waals surface area (Å²) >= 11 is 0. The number of carbonyl (C=O) groups excluding carboxylic acids is 1. The van der Waals surface area contributed by atoms with Gasteiger partial charge in [0.05, 0.1) is 5.92 Å². The Morgan fingerprint density at radius 2 is 1.78 bits per heavy atom. The molecule has 1 rings (SSSR count). The summed E-state index contributed by atoms with van der Waals surface area (Å²) in [6, 6.07) is 10.5. The number of benzene rings is 1. The van der Waals surface area contributed by atoms with E-state index in [-0.39, 0.29) is 0 Å². The van der Waals surface area contributed by atoms with Crippen LogP contribution in [0.3, 0.4) is 0 Å². The van der Waals surface area contributed by atoms with Crippen LogP contribution in [0, 0.1) is 5.92 Å². The maximum Gasteiger partial charge on any atom is 0.392 e. The lowest BCUT2D eigenvalue weighted by Gasteiger charge is -2.12. The van der Waals surface area contributed by atoms with Gasteiger partial charge in [0.25, 0.3) is 0 Å². The number of primary amides is 1. The van der Waals surface area contributed by atoms with Gasteiger partial charge in [-0.15, -0.1) is 0 Å². The second-order valence-corrected chi connectivity index (χ2v) is 3.95. The maximum atomic E-state index is 11.6. The van der Waals surface area contributed by atoms with E-state index in [1.54, 1.807) is 0 Å². The summed E-state index contributed by atoms with van der Waals surface area (Å²) in [6.45, 7) is 3.08. The van der Waals surface area contributed by atoms with Crippen LogP contribution in [-0.2, 0) is 11.2 Å². The fourth-order valence-corrected chi connectivity index (χ4v) is 1.13. The molecule has 0 radical (unpaired) electrons. The van der Waals surface area contributed by atoms with Crippen molar-refractivity contribution < 1.29 is 18.0 Å². The van der Waals surface area contributed by atoms with Gasteiger partial charge in [0.1, 0.15) is 0 Å². The molecule has 0 bridgehead atoms. The van der Waals surface area contributed by atoms with Crippen LogP contribution >= 0.6 is 0 Å². The summed E-state index contributed by atoms with van der Waals surface area (Å²) in [4.78, 5) is 9.98. The molecule has 0 aromatic heterocycles. The number of alkyl halides is 3. The van der Waals surface area contributed by atoms with Gasteiger partial charge in [0.2, 0.25) is 5.91 Å². The molecule has 0 aliphatic rings. The Bertz CT molecular complexity index is 349. The van der Waals surface area contributed by atoms with E-state index in [0.717, 1.165) is 13.3 Å². The van der Waals surface area contributed by atoms with E-state index in [4.69, 9.17) is 0 Å². The molecule has 1 aromatic rings. The molecule has 18 heavy (non-hydrogen) atoms. The number of hydrogen-bond acceptors (Lipinski definition) is 1. The lowest BCUT2D eigenvalue weighted by atomic mass is 10.1. The van der Waals surface area contributed by atoms with Crippen molar-refractivity contribution in [3.63, 3.8) is 0 Å². The third-order valence-electron chi connectivity index (χ3n) is 2.32. The van der Waals surface area contributed by atoms with Crippen molar-refractivity contribution >= 4 is 5.91 Å². The molecule has 1 unspecified atom stereocenters. The van der Waals surface area contributed by atoms with Gasteiger partial charge in [-0.3, -0.25) is 4.79 Å². The quantitative estimate of drug-likeness (QED) is 0.891. The van der Waals surface area contributed by atoms with Crippen molar-refractivity contribution in [3.05, 3.63) is 35.9 Å². The molecular weight excluding hydrogens is 243 g/mol. The minimum atomic E-state index is -4.31. The highest BCUT2D eigenvalue weighted by Gasteiger charge is 2.36. The fourth-order valence-electron chi connectivity index (χ4n) is 1.13. The highest BCUT2D eigenvalue weighted by molar-refractivity contribution is 5.74. The van der Waals surface area contributed by atoms with E-state index in [2.05, 4.69) is 36.9 Å². The summed E-state index contributed by atoms with van der Waals surface area (Å²) in [5, 5.41) is 0. The molecule has 1 amide bonds. The monoisotopic (exact) mass is 261 g/mol. The summed E-state index contributed by atoms with van der Waals surface area (Å²) in [7, 11) is 0. The lowest BCUT2D eigenvalue weighted by molar-refractivity contribution is -0.173. The first kappa shape index (κ1) is 16.5. The van der Waals surface area contributed by atoms with Crippen LogP contribution in [0.15, 0.2) is 30.3 Å². The highest BCUT2D eigenvalue weighted by atomic mass is 19.4. The van der Waals surface area contributed by atoms with Gasteiger partial charge < -0.3 is 5.73 Å². The fraction of sp³-hybridized carbons (Fsp3) is 0.462. The number of carbonyl (C=O) groups is 1. The first-order valence-electron chi connectivity index (χ1n) is 5.66. The Hall–Kier alpha value is -1.52. The van der Waals surface area contributed by atoms with E-state index >= 15 is 0 Å². The topological polar surface area (TPSA) is 43.1 Å². The molecule has 1 aromatic carbocycles. The van der Waals surface area contributed by atoms with Crippen LogP contribution in [0.25, 0.3) is 0 Å². The van der Waals surface area contributed by atoms with Gasteiger partial charge in [-0.25, -0.2) is 0 Å². The Labute approximate surface area is 105 Å². The lowest BCUT2D eigenvalue weighted by Crippen LogP contribution is -2.25. The molecule has 0 saturated carbocycles. The second-order valence-electron chi connectivity index (χ2n) is 3.95. The maximum absolute atomic E-state index is 11.6. The number of halogens is 3. The van der Waals surface area contributed by atoms with Gasteiger partial charge in [0, 0.05) is 6.42 Å². The summed E-state index contributed by atoms with van der Waals surface area (Å²) in [5.41, 5.74) is 5.96. The second kappa shape index (κ2) is 7.74. The predicted octanol–water partition coefficient (Wildman–Crippen LogP) is 3.31. The van der Waals surface area contributed by atoms with Gasteiger partial charge in [-0.05, 0) is 12.0 Å². The normalized spacial score (nSPS) is 12.3. The molecule has 5 heteroatoms.